The van der Waals surface area contributed by atoms with Crippen LogP contribution in [0.25, 0.3) is 0 Å². The summed E-state index contributed by atoms with van der Waals surface area (Å²) in [7, 11) is -4.69. The molecule has 2 atom stereocenters. The monoisotopic (exact) mass is 339 g/mol. The molecule has 0 spiro atoms. The number of aromatic hydroxyl groups is 1. The number of rotatable bonds is 4. The first-order valence-corrected chi connectivity index (χ1v) is 8.48. The Bertz CT molecular complexity index is 716. The van der Waals surface area contributed by atoms with E-state index in [9.17, 15) is 19.9 Å². The lowest BCUT2D eigenvalue weighted by molar-refractivity contribution is 0.336. The predicted octanol–water partition coefficient (Wildman–Crippen LogP) is 2.93. The number of phenolic OH excluding ortho intramolecular Hbond substituents is 1. The van der Waals surface area contributed by atoms with Crippen LogP contribution in [0.4, 0.5) is 0 Å². The van der Waals surface area contributed by atoms with Crippen LogP contribution in [0.2, 0.25) is 0 Å². The Morgan fingerprint density at radius 2 is 1.74 bits per heavy atom. The smallest absolute Gasteiger partial charge is 0.448 e. The minimum Gasteiger partial charge on any atom is -0.511 e. The van der Waals surface area contributed by atoms with E-state index in [1.165, 1.54) is 0 Å². The number of hydrogen-bond acceptors (Lipinski definition) is 4. The fourth-order valence-electron chi connectivity index (χ4n) is 2.48. The van der Waals surface area contributed by atoms with Crippen molar-refractivity contribution in [3.8, 4) is 5.75 Å². The van der Waals surface area contributed by atoms with Crippen LogP contribution in [0.3, 0.4) is 0 Å². The average Bonchev–Trinajstić information content (AvgIpc) is 2.41. The summed E-state index contributed by atoms with van der Waals surface area (Å²) in [4.78, 5) is 18.1. The van der Waals surface area contributed by atoms with Crippen LogP contribution in [0, 0.1) is 5.92 Å². The van der Waals surface area contributed by atoms with Crippen molar-refractivity contribution >= 4 is 13.5 Å². The summed E-state index contributed by atoms with van der Waals surface area (Å²) in [6.45, 7) is 1.88. The highest BCUT2D eigenvalue weighted by atomic mass is 31.2. The van der Waals surface area contributed by atoms with Crippen LogP contribution in [0.15, 0.2) is 52.7 Å². The number of aliphatic hydroxyl groups excluding tert-OH is 2. The third-order valence-corrected chi connectivity index (χ3v) is 4.09. The van der Waals surface area contributed by atoms with Crippen molar-refractivity contribution in [2.45, 2.75) is 19.3 Å². The van der Waals surface area contributed by atoms with Gasteiger partial charge in [0.05, 0.1) is 11.6 Å². The van der Waals surface area contributed by atoms with E-state index in [2.05, 4.69) is 4.76 Å². The maximum atomic E-state index is 11.1. The van der Waals surface area contributed by atoms with Crippen molar-refractivity contribution in [2.24, 2.45) is 10.7 Å². The molecule has 0 aliphatic heterocycles. The van der Waals surface area contributed by atoms with E-state index in [1.807, 2.05) is 6.92 Å². The summed E-state index contributed by atoms with van der Waals surface area (Å²) in [6.07, 6.45) is 2.59. The van der Waals surface area contributed by atoms with Gasteiger partial charge in [-0.3, -0.25) is 0 Å². The molecule has 0 radical (unpaired) electrons. The zero-order chi connectivity index (χ0) is 17.2. The Kier molecular flexibility index (Phi) is 4.94. The molecule has 0 saturated carbocycles. The van der Waals surface area contributed by atoms with Crippen LogP contribution >= 0.6 is 7.75 Å². The number of benzene rings is 1. The third-order valence-electron chi connectivity index (χ3n) is 3.60. The highest BCUT2D eigenvalue weighted by Crippen LogP contribution is 2.40. The topological polar surface area (TPSA) is 131 Å². The van der Waals surface area contributed by atoms with E-state index >= 15 is 0 Å². The standard InChI is InChI=1S/C15H18NO6P/c1-9(10-2-4-11(17)5-3-10)6-13-14(16-23(20,21)22)7-12(18)8-15(13)19/h2-5,7-9,13,17-19H,6H2,1H3,(H2,20,21,22)/b16-14+. The number of allylic oxidation sites excluding steroid dienone is 3. The third kappa shape index (κ3) is 4.69. The van der Waals surface area contributed by atoms with Gasteiger partial charge in [0.25, 0.3) is 0 Å². The lowest BCUT2D eigenvalue weighted by Gasteiger charge is -2.24. The normalized spacial score (nSPS) is 21.7. The van der Waals surface area contributed by atoms with E-state index < -0.39 is 13.7 Å². The van der Waals surface area contributed by atoms with Crippen molar-refractivity contribution in [3.63, 3.8) is 0 Å². The first-order chi connectivity index (χ1) is 10.7. The van der Waals surface area contributed by atoms with Gasteiger partial charge in [-0.1, -0.05) is 19.1 Å². The van der Waals surface area contributed by atoms with Gasteiger partial charge in [0.1, 0.15) is 17.3 Å². The average molecular weight is 339 g/mol. The molecule has 0 amide bonds. The number of aliphatic hydroxyl groups is 2. The Morgan fingerprint density at radius 3 is 2.30 bits per heavy atom. The Balaban J connectivity index is 2.28. The van der Waals surface area contributed by atoms with Crippen LogP contribution in [0.5, 0.6) is 5.75 Å². The Hall–Kier alpha value is -2.08. The molecular formula is C15H18NO6P. The minimum absolute atomic E-state index is 0.0681. The maximum Gasteiger partial charge on any atom is 0.448 e. The van der Waals surface area contributed by atoms with Gasteiger partial charge in [0.2, 0.25) is 0 Å². The Morgan fingerprint density at radius 1 is 1.13 bits per heavy atom. The largest absolute Gasteiger partial charge is 0.511 e. The molecule has 2 unspecified atom stereocenters. The molecule has 124 valence electrons. The van der Waals surface area contributed by atoms with E-state index in [4.69, 9.17) is 9.79 Å². The second-order valence-electron chi connectivity index (χ2n) is 5.46. The van der Waals surface area contributed by atoms with Crippen LogP contribution < -0.4 is 0 Å². The fraction of sp³-hybridized carbons (Fsp3) is 0.267. The van der Waals surface area contributed by atoms with Crippen molar-refractivity contribution in [1.29, 1.82) is 0 Å². The van der Waals surface area contributed by atoms with Gasteiger partial charge in [0.15, 0.2) is 0 Å². The SMILES string of the molecule is CC(CC1C(O)=CC(O)=C/C1=N\P(=O)(O)O)c1ccc(O)cc1. The molecule has 0 aromatic heterocycles. The van der Waals surface area contributed by atoms with Crippen molar-refractivity contribution in [3.05, 3.63) is 53.5 Å². The highest BCUT2D eigenvalue weighted by Gasteiger charge is 2.28. The molecule has 0 heterocycles. The van der Waals surface area contributed by atoms with Gasteiger partial charge in [-0.25, -0.2) is 4.57 Å². The van der Waals surface area contributed by atoms with E-state index in [1.54, 1.807) is 24.3 Å². The second kappa shape index (κ2) is 6.58. The van der Waals surface area contributed by atoms with Gasteiger partial charge in [-0.05, 0) is 30.0 Å². The fourth-order valence-corrected chi connectivity index (χ4v) is 2.98. The first-order valence-electron chi connectivity index (χ1n) is 6.91. The number of nitrogens with zero attached hydrogens (tertiary/aromatic N) is 1. The summed E-state index contributed by atoms with van der Waals surface area (Å²) in [5.74, 6) is -1.20. The van der Waals surface area contributed by atoms with Gasteiger partial charge in [-0.2, -0.15) is 4.76 Å². The lowest BCUT2D eigenvalue weighted by Crippen LogP contribution is -2.21. The molecule has 0 saturated heterocycles. The molecule has 0 fully saturated rings. The van der Waals surface area contributed by atoms with Crippen LogP contribution in [-0.2, 0) is 4.57 Å². The molecule has 23 heavy (non-hydrogen) atoms. The summed E-state index contributed by atoms with van der Waals surface area (Å²) >= 11 is 0. The van der Waals surface area contributed by atoms with Crippen LogP contribution in [-0.4, -0.2) is 30.8 Å². The molecule has 1 aliphatic rings. The van der Waals surface area contributed by atoms with E-state index in [-0.39, 0.29) is 28.9 Å². The van der Waals surface area contributed by atoms with Crippen molar-refractivity contribution < 1.29 is 29.7 Å². The molecule has 5 N–H and O–H groups in total. The molecule has 0 bridgehead atoms. The number of hydrogen-bond donors (Lipinski definition) is 5. The molecule has 1 aromatic rings. The lowest BCUT2D eigenvalue weighted by atomic mass is 9.84. The van der Waals surface area contributed by atoms with Crippen LogP contribution in [0.1, 0.15) is 24.8 Å². The van der Waals surface area contributed by atoms with Gasteiger partial charge < -0.3 is 25.1 Å². The molecule has 7 nitrogen and oxygen atoms in total. The summed E-state index contributed by atoms with van der Waals surface area (Å²) in [5, 5.41) is 28.9. The molecule has 8 heteroatoms. The van der Waals surface area contributed by atoms with Gasteiger partial charge in [-0.15, -0.1) is 0 Å². The zero-order valence-corrected chi connectivity index (χ0v) is 13.3. The van der Waals surface area contributed by atoms with Gasteiger partial charge in [0, 0.05) is 12.2 Å². The Labute approximate surface area is 133 Å². The minimum atomic E-state index is -4.69. The van der Waals surface area contributed by atoms with E-state index in [0.29, 0.717) is 6.42 Å². The second-order valence-corrected chi connectivity index (χ2v) is 6.68. The van der Waals surface area contributed by atoms with Crippen molar-refractivity contribution in [2.75, 3.05) is 0 Å². The molecule has 2 rings (SSSR count). The highest BCUT2D eigenvalue weighted by molar-refractivity contribution is 7.50. The summed E-state index contributed by atoms with van der Waals surface area (Å²) in [5.41, 5.74) is 0.825. The van der Waals surface area contributed by atoms with E-state index in [0.717, 1.165) is 17.7 Å². The molecule has 1 aromatic carbocycles. The first kappa shape index (κ1) is 17.3. The summed E-state index contributed by atoms with van der Waals surface area (Å²) in [6, 6.07) is 6.55. The maximum absolute atomic E-state index is 11.1. The quantitative estimate of drug-likeness (QED) is 0.536. The van der Waals surface area contributed by atoms with Gasteiger partial charge >= 0.3 is 7.75 Å². The zero-order valence-electron chi connectivity index (χ0n) is 12.4. The van der Waals surface area contributed by atoms with Crippen molar-refractivity contribution in [1.82, 2.24) is 0 Å². The summed E-state index contributed by atoms with van der Waals surface area (Å²) < 4.78 is 14.4. The predicted molar refractivity (Wildman–Crippen MR) is 85.5 cm³/mol. The molecular weight excluding hydrogens is 321 g/mol. The molecule has 1 aliphatic carbocycles. The number of phenols is 1.